The van der Waals surface area contributed by atoms with Gasteiger partial charge in [-0.15, -0.1) is 0 Å². The van der Waals surface area contributed by atoms with Gasteiger partial charge in [0.25, 0.3) is 0 Å². The van der Waals surface area contributed by atoms with Crippen molar-refractivity contribution < 1.29 is 38.2 Å². The molecule has 4 rings (SSSR count). The van der Waals surface area contributed by atoms with Gasteiger partial charge in [0.1, 0.15) is 6.10 Å². The van der Waals surface area contributed by atoms with Crippen LogP contribution in [-0.2, 0) is 19.1 Å². The van der Waals surface area contributed by atoms with Crippen LogP contribution < -0.4 is 9.47 Å². The fourth-order valence-corrected chi connectivity index (χ4v) is 3.94. The second kappa shape index (κ2) is 7.55. The Hall–Kier alpha value is -3.65. The zero-order chi connectivity index (χ0) is 22.4. The Labute approximate surface area is 176 Å². The number of hydrogen-bond acceptors (Lipinski definition) is 8. The van der Waals surface area contributed by atoms with Crippen molar-refractivity contribution in [3.05, 3.63) is 46.5 Å². The number of ketones is 3. The summed E-state index contributed by atoms with van der Waals surface area (Å²) in [5, 5.41) is 0.685. The van der Waals surface area contributed by atoms with Crippen LogP contribution in [0.4, 0.5) is 0 Å². The number of carbonyl (C=O) groups is 5. The molecule has 2 aliphatic rings. The van der Waals surface area contributed by atoms with E-state index in [0.29, 0.717) is 10.8 Å². The predicted octanol–water partition coefficient (Wildman–Crippen LogP) is 2.74. The molecule has 0 bridgehead atoms. The molecule has 0 amide bonds. The first-order valence-corrected chi connectivity index (χ1v) is 9.59. The topological polar surface area (TPSA) is 113 Å². The SMILES string of the molecule is CC(=O)Oc1c2c(c(OC(C)=O)c3ccccc13)C(=O)C1=C(COC(C(C)=O)C1)C2=O. The number of esters is 2. The summed E-state index contributed by atoms with van der Waals surface area (Å²) in [6.07, 6.45) is -0.910. The molecule has 0 fully saturated rings. The second-order valence-corrected chi connectivity index (χ2v) is 7.37. The molecule has 8 nitrogen and oxygen atoms in total. The van der Waals surface area contributed by atoms with E-state index in [1.807, 2.05) is 0 Å². The molecule has 1 aliphatic carbocycles. The lowest BCUT2D eigenvalue weighted by atomic mass is 9.78. The first-order valence-electron chi connectivity index (χ1n) is 9.59. The molecule has 31 heavy (non-hydrogen) atoms. The van der Waals surface area contributed by atoms with Crippen LogP contribution in [0.3, 0.4) is 0 Å². The van der Waals surface area contributed by atoms with E-state index < -0.39 is 29.6 Å². The molecule has 0 spiro atoms. The van der Waals surface area contributed by atoms with E-state index in [-0.39, 0.29) is 52.6 Å². The largest absolute Gasteiger partial charge is 0.425 e. The van der Waals surface area contributed by atoms with Crippen molar-refractivity contribution in [1.82, 2.24) is 0 Å². The minimum atomic E-state index is -0.845. The Kier molecular flexibility index (Phi) is 5.02. The lowest BCUT2D eigenvalue weighted by Crippen LogP contribution is -2.36. The summed E-state index contributed by atoms with van der Waals surface area (Å²) in [7, 11) is 0. The molecule has 1 unspecified atom stereocenters. The summed E-state index contributed by atoms with van der Waals surface area (Å²) >= 11 is 0. The standard InChI is InChI=1S/C23H18O8/c1-10(24)17-8-15-16(9-29-17)21(28)19-18(20(15)27)22(30-11(2)25)13-6-4-5-7-14(13)23(19)31-12(3)26/h4-7,17H,8-9H2,1-3H3. The van der Waals surface area contributed by atoms with Gasteiger partial charge < -0.3 is 14.2 Å². The molecule has 0 aromatic heterocycles. The van der Waals surface area contributed by atoms with Gasteiger partial charge in [-0.05, 0) is 6.92 Å². The predicted molar refractivity (Wildman–Crippen MR) is 107 cm³/mol. The molecule has 0 radical (unpaired) electrons. The maximum absolute atomic E-state index is 13.5. The average Bonchev–Trinajstić information content (AvgIpc) is 2.72. The number of hydrogen-bond donors (Lipinski definition) is 0. The number of rotatable bonds is 3. The van der Waals surface area contributed by atoms with Gasteiger partial charge in [-0.1, -0.05) is 24.3 Å². The van der Waals surface area contributed by atoms with E-state index in [4.69, 9.17) is 14.2 Å². The Morgan fingerprint density at radius 2 is 1.32 bits per heavy atom. The average molecular weight is 422 g/mol. The molecular formula is C23H18O8. The Bertz CT molecular complexity index is 1230. The molecular weight excluding hydrogens is 404 g/mol. The second-order valence-electron chi connectivity index (χ2n) is 7.37. The summed E-state index contributed by atoms with van der Waals surface area (Å²) in [5.41, 5.74) is -0.0641. The van der Waals surface area contributed by atoms with Crippen molar-refractivity contribution in [3.8, 4) is 11.5 Å². The molecule has 2 aromatic carbocycles. The third kappa shape index (κ3) is 3.34. The molecule has 0 saturated carbocycles. The summed E-state index contributed by atoms with van der Waals surface area (Å²) in [6.45, 7) is 3.48. The smallest absolute Gasteiger partial charge is 0.308 e. The summed E-state index contributed by atoms with van der Waals surface area (Å²) < 4.78 is 16.2. The van der Waals surface area contributed by atoms with Crippen molar-refractivity contribution in [2.75, 3.05) is 6.61 Å². The van der Waals surface area contributed by atoms with Crippen LogP contribution in [0.25, 0.3) is 10.8 Å². The highest BCUT2D eigenvalue weighted by molar-refractivity contribution is 6.32. The van der Waals surface area contributed by atoms with Gasteiger partial charge in [0, 0.05) is 42.2 Å². The number of fused-ring (bicyclic) bond motifs is 2. The lowest BCUT2D eigenvalue weighted by molar-refractivity contribution is -0.133. The maximum atomic E-state index is 13.5. The normalized spacial score (nSPS) is 17.8. The zero-order valence-corrected chi connectivity index (χ0v) is 17.1. The third-order valence-electron chi connectivity index (χ3n) is 5.25. The van der Waals surface area contributed by atoms with E-state index in [2.05, 4.69) is 0 Å². The minimum Gasteiger partial charge on any atom is -0.425 e. The highest BCUT2D eigenvalue weighted by Crippen LogP contribution is 2.46. The first kappa shape index (κ1) is 20.6. The van der Waals surface area contributed by atoms with E-state index in [0.717, 1.165) is 0 Å². The number of carbonyl (C=O) groups excluding carboxylic acids is 5. The summed E-state index contributed by atoms with van der Waals surface area (Å²) in [6, 6.07) is 6.54. The fraction of sp³-hybridized carbons (Fsp3) is 0.261. The first-order chi connectivity index (χ1) is 14.7. The van der Waals surface area contributed by atoms with Gasteiger partial charge in [0.2, 0.25) is 0 Å². The third-order valence-corrected chi connectivity index (χ3v) is 5.25. The van der Waals surface area contributed by atoms with Gasteiger partial charge in [0.05, 0.1) is 17.7 Å². The van der Waals surface area contributed by atoms with Gasteiger partial charge in [-0.2, -0.15) is 0 Å². The van der Waals surface area contributed by atoms with Crippen molar-refractivity contribution in [2.45, 2.75) is 33.3 Å². The Balaban J connectivity index is 2.06. The van der Waals surface area contributed by atoms with Crippen LogP contribution in [0.2, 0.25) is 0 Å². The Morgan fingerprint density at radius 3 is 1.77 bits per heavy atom. The zero-order valence-electron chi connectivity index (χ0n) is 17.1. The molecule has 158 valence electrons. The summed E-state index contributed by atoms with van der Waals surface area (Å²) in [5.74, 6) is -2.91. The molecule has 8 heteroatoms. The number of ether oxygens (including phenoxy) is 3. The summed E-state index contributed by atoms with van der Waals surface area (Å²) in [4.78, 5) is 62.4. The van der Waals surface area contributed by atoms with Crippen LogP contribution in [-0.4, -0.2) is 42.0 Å². The van der Waals surface area contributed by atoms with Crippen molar-refractivity contribution >= 4 is 40.1 Å². The van der Waals surface area contributed by atoms with Crippen LogP contribution in [0.5, 0.6) is 11.5 Å². The van der Waals surface area contributed by atoms with E-state index in [1.165, 1.54) is 20.8 Å². The number of Topliss-reactive ketones (excluding diaryl/α,β-unsaturated/α-hetero) is 3. The minimum absolute atomic E-state index is 0.0656. The van der Waals surface area contributed by atoms with Crippen molar-refractivity contribution in [3.63, 3.8) is 0 Å². The fourth-order valence-electron chi connectivity index (χ4n) is 3.94. The van der Waals surface area contributed by atoms with Crippen molar-refractivity contribution in [1.29, 1.82) is 0 Å². The maximum Gasteiger partial charge on any atom is 0.308 e. The molecule has 0 saturated heterocycles. The quantitative estimate of drug-likeness (QED) is 0.548. The monoisotopic (exact) mass is 422 g/mol. The molecule has 1 aliphatic heterocycles. The van der Waals surface area contributed by atoms with E-state index in [9.17, 15) is 24.0 Å². The highest BCUT2D eigenvalue weighted by Gasteiger charge is 2.42. The van der Waals surface area contributed by atoms with Crippen molar-refractivity contribution in [2.24, 2.45) is 0 Å². The van der Waals surface area contributed by atoms with Crippen LogP contribution in [0, 0.1) is 0 Å². The Morgan fingerprint density at radius 1 is 0.839 bits per heavy atom. The number of benzene rings is 2. The van der Waals surface area contributed by atoms with Gasteiger partial charge in [-0.25, -0.2) is 0 Å². The molecule has 0 N–H and O–H groups in total. The van der Waals surface area contributed by atoms with E-state index >= 15 is 0 Å². The molecule has 1 heterocycles. The van der Waals surface area contributed by atoms with Gasteiger partial charge in [-0.3, -0.25) is 24.0 Å². The molecule has 1 atom stereocenters. The highest BCUT2D eigenvalue weighted by atomic mass is 16.5. The van der Waals surface area contributed by atoms with Crippen LogP contribution >= 0.6 is 0 Å². The van der Waals surface area contributed by atoms with Crippen LogP contribution in [0.1, 0.15) is 47.9 Å². The lowest BCUT2D eigenvalue weighted by Gasteiger charge is -2.30. The van der Waals surface area contributed by atoms with Crippen LogP contribution in [0.15, 0.2) is 35.4 Å². The van der Waals surface area contributed by atoms with Gasteiger partial charge >= 0.3 is 11.9 Å². The van der Waals surface area contributed by atoms with E-state index in [1.54, 1.807) is 24.3 Å². The molecule has 2 aromatic rings. The van der Waals surface area contributed by atoms with Gasteiger partial charge in [0.15, 0.2) is 28.8 Å².